The molecule has 0 saturated heterocycles. The van der Waals surface area contributed by atoms with Crippen molar-refractivity contribution in [2.45, 2.75) is 6.04 Å². The minimum absolute atomic E-state index is 0.0864. The Morgan fingerprint density at radius 3 is 2.53 bits per heavy atom. The Bertz CT molecular complexity index is 595. The summed E-state index contributed by atoms with van der Waals surface area (Å²) in [7, 11) is 0. The number of carboxylic acids is 1. The van der Waals surface area contributed by atoms with E-state index in [2.05, 4.69) is 20.5 Å². The molecule has 0 saturated carbocycles. The summed E-state index contributed by atoms with van der Waals surface area (Å²) in [6.07, 6.45) is 0. The first-order valence-electron chi connectivity index (χ1n) is 5.34. The summed E-state index contributed by atoms with van der Waals surface area (Å²) in [5, 5.41) is 17.3. The van der Waals surface area contributed by atoms with E-state index < -0.39 is 17.9 Å². The molecule has 0 spiro atoms. The number of benzene rings is 1. The lowest BCUT2D eigenvalue weighted by atomic mass is 10.1. The molecule has 5 N–H and O–H groups in total. The highest BCUT2D eigenvalue weighted by Gasteiger charge is 2.23. The van der Waals surface area contributed by atoms with Crippen molar-refractivity contribution in [2.24, 2.45) is 0 Å². The second kappa shape index (κ2) is 5.17. The first-order valence-corrected chi connectivity index (χ1v) is 5.34. The van der Waals surface area contributed by atoms with Gasteiger partial charge in [-0.05, 0) is 5.56 Å². The number of nitrogens with two attached hydrogens (primary N) is 1. The first kappa shape index (κ1) is 12.6. The average Bonchev–Trinajstić information content (AvgIpc) is 2.83. The van der Waals surface area contributed by atoms with Crippen LogP contribution in [0.2, 0.25) is 0 Å². The molecule has 1 heterocycles. The van der Waals surface area contributed by atoms with Gasteiger partial charge in [-0.3, -0.25) is 9.89 Å². The van der Waals surface area contributed by atoms with Crippen molar-refractivity contribution in [1.82, 2.24) is 20.5 Å². The van der Waals surface area contributed by atoms with Crippen LogP contribution in [0.25, 0.3) is 0 Å². The molecule has 8 heteroatoms. The highest BCUT2D eigenvalue weighted by molar-refractivity contribution is 5.93. The lowest BCUT2D eigenvalue weighted by Gasteiger charge is -2.13. The average molecular weight is 261 g/mol. The van der Waals surface area contributed by atoms with Gasteiger partial charge in [-0.1, -0.05) is 30.3 Å². The van der Waals surface area contributed by atoms with Crippen LogP contribution in [-0.2, 0) is 4.79 Å². The van der Waals surface area contributed by atoms with E-state index in [1.54, 1.807) is 30.3 Å². The summed E-state index contributed by atoms with van der Waals surface area (Å²) in [6, 6.07) is 7.16. The maximum atomic E-state index is 11.8. The van der Waals surface area contributed by atoms with Gasteiger partial charge in [0.15, 0.2) is 6.04 Å². The Morgan fingerprint density at radius 1 is 1.32 bits per heavy atom. The summed E-state index contributed by atoms with van der Waals surface area (Å²) in [5.74, 6) is -2.09. The number of hydrogen-bond acceptors (Lipinski definition) is 5. The fraction of sp³-hybridized carbons (Fsp3) is 0.0909. The number of carbonyl (C=O) groups excluding carboxylic acids is 1. The second-order valence-electron chi connectivity index (χ2n) is 3.70. The quantitative estimate of drug-likeness (QED) is 0.609. The van der Waals surface area contributed by atoms with Crippen molar-refractivity contribution in [1.29, 1.82) is 0 Å². The predicted molar refractivity (Wildman–Crippen MR) is 65.1 cm³/mol. The molecule has 1 aromatic carbocycles. The van der Waals surface area contributed by atoms with Crippen molar-refractivity contribution in [2.75, 3.05) is 5.73 Å². The molecule has 0 radical (unpaired) electrons. The molecule has 1 aromatic heterocycles. The molecule has 0 aliphatic carbocycles. The monoisotopic (exact) mass is 261 g/mol. The van der Waals surface area contributed by atoms with Gasteiger partial charge in [0.25, 0.3) is 5.91 Å². The molecule has 1 atom stereocenters. The Morgan fingerprint density at radius 2 is 2.00 bits per heavy atom. The van der Waals surface area contributed by atoms with Crippen LogP contribution in [0.1, 0.15) is 22.2 Å². The highest BCUT2D eigenvalue weighted by Crippen LogP contribution is 2.13. The molecule has 2 aromatic rings. The van der Waals surface area contributed by atoms with Gasteiger partial charge in [0.05, 0.1) is 0 Å². The van der Waals surface area contributed by atoms with Crippen molar-refractivity contribution >= 4 is 17.8 Å². The van der Waals surface area contributed by atoms with Crippen LogP contribution < -0.4 is 11.1 Å². The normalized spacial score (nSPS) is 11.8. The maximum Gasteiger partial charge on any atom is 0.330 e. The standard InChI is InChI=1S/C11H11N5O3/c12-11-14-8(15-16-11)9(17)13-7(10(18)19)6-4-2-1-3-5-6/h1-5,7H,(H,13,17)(H,18,19)(H3,12,14,15,16). The second-order valence-corrected chi connectivity index (χ2v) is 3.70. The Hall–Kier alpha value is -2.90. The lowest BCUT2D eigenvalue weighted by Crippen LogP contribution is -2.34. The van der Waals surface area contributed by atoms with Crippen LogP contribution in [0.5, 0.6) is 0 Å². The van der Waals surface area contributed by atoms with Gasteiger partial charge in [0.2, 0.25) is 11.8 Å². The molecule has 98 valence electrons. The number of nitrogens with one attached hydrogen (secondary N) is 2. The number of aromatic nitrogens is 3. The number of anilines is 1. The molecule has 2 rings (SSSR count). The summed E-state index contributed by atoms with van der Waals surface area (Å²) < 4.78 is 0. The van der Waals surface area contributed by atoms with Crippen LogP contribution in [0.3, 0.4) is 0 Å². The number of aromatic amines is 1. The Balaban J connectivity index is 2.18. The van der Waals surface area contributed by atoms with Gasteiger partial charge in [-0.15, -0.1) is 5.10 Å². The van der Waals surface area contributed by atoms with E-state index in [9.17, 15) is 9.59 Å². The highest BCUT2D eigenvalue weighted by atomic mass is 16.4. The van der Waals surface area contributed by atoms with E-state index in [1.807, 2.05) is 0 Å². The number of H-pyrrole nitrogens is 1. The van der Waals surface area contributed by atoms with Crippen molar-refractivity contribution < 1.29 is 14.7 Å². The number of nitrogens with zero attached hydrogens (tertiary/aromatic N) is 2. The molecule has 19 heavy (non-hydrogen) atoms. The third-order valence-electron chi connectivity index (χ3n) is 2.37. The number of nitrogen functional groups attached to an aromatic ring is 1. The molecule has 8 nitrogen and oxygen atoms in total. The fourth-order valence-electron chi connectivity index (χ4n) is 1.51. The van der Waals surface area contributed by atoms with Crippen LogP contribution in [0, 0.1) is 0 Å². The molecule has 0 aliphatic heterocycles. The van der Waals surface area contributed by atoms with Crippen LogP contribution in [-0.4, -0.2) is 32.2 Å². The van der Waals surface area contributed by atoms with Crippen LogP contribution >= 0.6 is 0 Å². The van der Waals surface area contributed by atoms with Crippen molar-refractivity contribution in [3.05, 3.63) is 41.7 Å². The number of amides is 1. The van der Waals surface area contributed by atoms with E-state index in [1.165, 1.54) is 0 Å². The smallest absolute Gasteiger partial charge is 0.330 e. The minimum Gasteiger partial charge on any atom is -0.479 e. The number of carboxylic acid groups (broad SMARTS) is 1. The van der Waals surface area contributed by atoms with Gasteiger partial charge >= 0.3 is 5.97 Å². The predicted octanol–water partition coefficient (Wildman–Crippen LogP) is -0.0574. The SMILES string of the molecule is Nc1n[nH]c(C(=O)NC(C(=O)O)c2ccccc2)n1. The Labute approximate surface area is 107 Å². The summed E-state index contributed by atoms with van der Waals surface area (Å²) in [5.41, 5.74) is 5.72. The topological polar surface area (TPSA) is 134 Å². The van der Waals surface area contributed by atoms with Gasteiger partial charge in [0, 0.05) is 0 Å². The van der Waals surface area contributed by atoms with E-state index >= 15 is 0 Å². The zero-order chi connectivity index (χ0) is 13.8. The largest absolute Gasteiger partial charge is 0.479 e. The number of rotatable bonds is 4. The molecule has 1 unspecified atom stereocenters. The zero-order valence-electron chi connectivity index (χ0n) is 9.70. The maximum absolute atomic E-state index is 11.8. The summed E-state index contributed by atoms with van der Waals surface area (Å²) in [4.78, 5) is 26.6. The molecule has 0 fully saturated rings. The van der Waals surface area contributed by atoms with Crippen LogP contribution in [0.4, 0.5) is 5.95 Å². The number of hydrogen-bond donors (Lipinski definition) is 4. The minimum atomic E-state index is -1.17. The molecule has 0 aliphatic rings. The first-order chi connectivity index (χ1) is 9.08. The van der Waals surface area contributed by atoms with E-state index in [-0.39, 0.29) is 11.8 Å². The molecular weight excluding hydrogens is 250 g/mol. The molecule has 1 amide bonds. The van der Waals surface area contributed by atoms with Gasteiger partial charge in [-0.2, -0.15) is 4.98 Å². The third kappa shape index (κ3) is 2.86. The molecule has 0 bridgehead atoms. The van der Waals surface area contributed by atoms with E-state index in [0.717, 1.165) is 0 Å². The summed E-state index contributed by atoms with van der Waals surface area (Å²) in [6.45, 7) is 0. The van der Waals surface area contributed by atoms with Gasteiger partial charge in [0.1, 0.15) is 0 Å². The molecular formula is C11H11N5O3. The lowest BCUT2D eigenvalue weighted by molar-refractivity contribution is -0.139. The van der Waals surface area contributed by atoms with Crippen molar-refractivity contribution in [3.8, 4) is 0 Å². The van der Waals surface area contributed by atoms with Crippen LogP contribution in [0.15, 0.2) is 30.3 Å². The fourth-order valence-corrected chi connectivity index (χ4v) is 1.51. The Kier molecular flexibility index (Phi) is 3.42. The zero-order valence-corrected chi connectivity index (χ0v) is 9.70. The third-order valence-corrected chi connectivity index (χ3v) is 2.37. The van der Waals surface area contributed by atoms with E-state index in [0.29, 0.717) is 5.56 Å². The number of carbonyl (C=O) groups is 2. The number of aliphatic carboxylic acids is 1. The summed E-state index contributed by atoms with van der Waals surface area (Å²) >= 11 is 0. The van der Waals surface area contributed by atoms with Gasteiger partial charge < -0.3 is 16.2 Å². The van der Waals surface area contributed by atoms with E-state index in [4.69, 9.17) is 10.8 Å². The van der Waals surface area contributed by atoms with Crippen molar-refractivity contribution in [3.63, 3.8) is 0 Å². The van der Waals surface area contributed by atoms with Gasteiger partial charge in [-0.25, -0.2) is 4.79 Å².